The number of hydrogen-bond acceptors (Lipinski definition) is 2. The van der Waals surface area contributed by atoms with Crippen LogP contribution in [0.5, 0.6) is 5.75 Å². The van der Waals surface area contributed by atoms with E-state index in [1.54, 1.807) is 0 Å². The van der Waals surface area contributed by atoms with Gasteiger partial charge < -0.3 is 10.1 Å². The van der Waals surface area contributed by atoms with Gasteiger partial charge in [0.15, 0.2) is 0 Å². The van der Waals surface area contributed by atoms with Gasteiger partial charge in [-0.1, -0.05) is 12.1 Å². The van der Waals surface area contributed by atoms with E-state index in [1.165, 1.54) is 6.42 Å². The van der Waals surface area contributed by atoms with Gasteiger partial charge in [-0.2, -0.15) is 0 Å². The van der Waals surface area contributed by atoms with Crippen LogP contribution >= 0.6 is 15.9 Å². The van der Waals surface area contributed by atoms with Crippen molar-refractivity contribution in [1.82, 2.24) is 5.32 Å². The molecule has 2 rings (SSSR count). The van der Waals surface area contributed by atoms with E-state index in [9.17, 15) is 0 Å². The van der Waals surface area contributed by atoms with Crippen LogP contribution in [0.3, 0.4) is 0 Å². The van der Waals surface area contributed by atoms with Crippen molar-refractivity contribution in [3.8, 4) is 5.75 Å². The Hall–Kier alpha value is -0.540. The molecule has 3 heteroatoms. The number of piperidine rings is 1. The number of hydrogen-bond donors (Lipinski definition) is 1. The molecule has 1 heterocycles. The van der Waals surface area contributed by atoms with Gasteiger partial charge in [0.1, 0.15) is 11.4 Å². The Morgan fingerprint density at radius 1 is 1.40 bits per heavy atom. The normalized spacial score (nSPS) is 26.3. The van der Waals surface area contributed by atoms with E-state index in [2.05, 4.69) is 28.2 Å². The molecule has 0 radical (unpaired) electrons. The van der Waals surface area contributed by atoms with Gasteiger partial charge in [0.25, 0.3) is 0 Å². The average molecular weight is 270 g/mol. The number of nitrogens with one attached hydrogen (secondary N) is 1. The number of benzene rings is 1. The van der Waals surface area contributed by atoms with Gasteiger partial charge in [-0.3, -0.25) is 0 Å². The zero-order valence-corrected chi connectivity index (χ0v) is 10.5. The molecule has 2 nitrogen and oxygen atoms in total. The third-order valence-corrected chi connectivity index (χ3v) is 3.41. The number of rotatable bonds is 2. The maximum atomic E-state index is 6.06. The Morgan fingerprint density at radius 3 is 2.87 bits per heavy atom. The molecule has 82 valence electrons. The van der Waals surface area contributed by atoms with E-state index in [0.29, 0.717) is 0 Å². The van der Waals surface area contributed by atoms with Crippen molar-refractivity contribution in [1.29, 1.82) is 0 Å². The van der Waals surface area contributed by atoms with Crippen LogP contribution in [0.4, 0.5) is 0 Å². The lowest BCUT2D eigenvalue weighted by atomic mass is 9.96. The molecule has 1 saturated heterocycles. The minimum absolute atomic E-state index is 0.0673. The van der Waals surface area contributed by atoms with E-state index in [4.69, 9.17) is 4.74 Å². The molecule has 0 spiro atoms. The Kier molecular flexibility index (Phi) is 3.32. The molecule has 0 saturated carbocycles. The summed E-state index contributed by atoms with van der Waals surface area (Å²) in [5.41, 5.74) is -0.0673. The maximum absolute atomic E-state index is 6.06. The summed E-state index contributed by atoms with van der Waals surface area (Å²) in [5, 5.41) is 3.37. The Bertz CT molecular complexity index is 334. The van der Waals surface area contributed by atoms with Crippen LogP contribution < -0.4 is 10.1 Å². The predicted octanol–water partition coefficient (Wildman–Crippen LogP) is 2.97. The topological polar surface area (TPSA) is 21.3 Å². The maximum Gasteiger partial charge on any atom is 0.134 e. The third kappa shape index (κ3) is 2.73. The molecule has 1 aliphatic heterocycles. The van der Waals surface area contributed by atoms with Crippen molar-refractivity contribution in [3.63, 3.8) is 0 Å². The molecule has 1 N–H and O–H groups in total. The SMILES string of the molecule is CC1(Oc2ccccc2Br)CCCNC1. The highest BCUT2D eigenvalue weighted by Gasteiger charge is 2.29. The highest BCUT2D eigenvalue weighted by molar-refractivity contribution is 9.10. The molecule has 0 aliphatic carbocycles. The predicted molar refractivity (Wildman–Crippen MR) is 65.3 cm³/mol. The van der Waals surface area contributed by atoms with E-state index >= 15 is 0 Å². The van der Waals surface area contributed by atoms with Gasteiger partial charge in [0.2, 0.25) is 0 Å². The molecule has 0 amide bonds. The Balaban J connectivity index is 2.10. The van der Waals surface area contributed by atoms with Crippen molar-refractivity contribution < 1.29 is 4.74 Å². The molecule has 1 aromatic carbocycles. The van der Waals surface area contributed by atoms with E-state index in [0.717, 1.165) is 29.7 Å². The lowest BCUT2D eigenvalue weighted by Gasteiger charge is -2.35. The van der Waals surface area contributed by atoms with Crippen molar-refractivity contribution >= 4 is 15.9 Å². The monoisotopic (exact) mass is 269 g/mol. The fourth-order valence-electron chi connectivity index (χ4n) is 1.91. The van der Waals surface area contributed by atoms with Gasteiger partial charge >= 0.3 is 0 Å². The van der Waals surface area contributed by atoms with Gasteiger partial charge in [0.05, 0.1) is 4.47 Å². The summed E-state index contributed by atoms with van der Waals surface area (Å²) in [5.74, 6) is 0.934. The van der Waals surface area contributed by atoms with E-state index in [-0.39, 0.29) is 5.60 Å². The first-order chi connectivity index (χ1) is 7.20. The Morgan fingerprint density at radius 2 is 2.20 bits per heavy atom. The molecule has 0 bridgehead atoms. The largest absolute Gasteiger partial charge is 0.485 e. The Labute approximate surface area is 99.1 Å². The second-order valence-electron chi connectivity index (χ2n) is 4.26. The average Bonchev–Trinajstić information content (AvgIpc) is 2.22. The van der Waals surface area contributed by atoms with Crippen molar-refractivity contribution in [2.24, 2.45) is 0 Å². The van der Waals surface area contributed by atoms with Crippen LogP contribution in [-0.4, -0.2) is 18.7 Å². The van der Waals surface area contributed by atoms with E-state index < -0.39 is 0 Å². The number of para-hydroxylation sites is 1. The third-order valence-electron chi connectivity index (χ3n) is 2.75. The molecule has 0 aromatic heterocycles. The molecule has 15 heavy (non-hydrogen) atoms. The summed E-state index contributed by atoms with van der Waals surface area (Å²) in [4.78, 5) is 0. The van der Waals surface area contributed by atoms with Gasteiger partial charge in [-0.15, -0.1) is 0 Å². The smallest absolute Gasteiger partial charge is 0.134 e. The molecule has 1 unspecified atom stereocenters. The summed E-state index contributed by atoms with van der Waals surface area (Å²) in [6.07, 6.45) is 2.29. The van der Waals surface area contributed by atoms with Crippen molar-refractivity contribution in [3.05, 3.63) is 28.7 Å². The second-order valence-corrected chi connectivity index (χ2v) is 5.12. The fourth-order valence-corrected chi connectivity index (χ4v) is 2.27. The summed E-state index contributed by atoms with van der Waals surface area (Å²) in [6.45, 7) is 4.20. The van der Waals surface area contributed by atoms with Crippen LogP contribution in [0.15, 0.2) is 28.7 Å². The molecular formula is C12H16BrNO. The minimum Gasteiger partial charge on any atom is -0.485 e. The standard InChI is InChI=1S/C12H16BrNO/c1-12(7-4-8-14-9-12)15-11-6-3-2-5-10(11)13/h2-3,5-6,14H,4,7-9H2,1H3. The van der Waals surface area contributed by atoms with Crippen LogP contribution in [0.2, 0.25) is 0 Å². The lowest BCUT2D eigenvalue weighted by molar-refractivity contribution is 0.0607. The minimum atomic E-state index is -0.0673. The summed E-state index contributed by atoms with van der Waals surface area (Å²) in [7, 11) is 0. The zero-order valence-electron chi connectivity index (χ0n) is 8.92. The van der Waals surface area contributed by atoms with Gasteiger partial charge in [0, 0.05) is 6.54 Å². The first-order valence-electron chi connectivity index (χ1n) is 5.34. The summed E-state index contributed by atoms with van der Waals surface area (Å²) >= 11 is 3.50. The highest BCUT2D eigenvalue weighted by atomic mass is 79.9. The number of halogens is 1. The van der Waals surface area contributed by atoms with Gasteiger partial charge in [-0.25, -0.2) is 0 Å². The van der Waals surface area contributed by atoms with Crippen LogP contribution in [0, 0.1) is 0 Å². The van der Waals surface area contributed by atoms with E-state index in [1.807, 2.05) is 24.3 Å². The molecular weight excluding hydrogens is 254 g/mol. The van der Waals surface area contributed by atoms with Crippen molar-refractivity contribution in [2.75, 3.05) is 13.1 Å². The van der Waals surface area contributed by atoms with Gasteiger partial charge in [-0.05, 0) is 54.4 Å². The second kappa shape index (κ2) is 4.54. The molecule has 1 atom stereocenters. The lowest BCUT2D eigenvalue weighted by Crippen LogP contribution is -2.47. The zero-order chi connectivity index (χ0) is 10.7. The summed E-state index contributed by atoms with van der Waals surface area (Å²) in [6, 6.07) is 8.01. The summed E-state index contributed by atoms with van der Waals surface area (Å²) < 4.78 is 7.09. The van der Waals surface area contributed by atoms with Crippen LogP contribution in [0.25, 0.3) is 0 Å². The first kappa shape index (κ1) is 11.0. The molecule has 1 aromatic rings. The molecule has 1 fully saturated rings. The number of ether oxygens (including phenoxy) is 1. The quantitative estimate of drug-likeness (QED) is 0.892. The molecule has 1 aliphatic rings. The van der Waals surface area contributed by atoms with Crippen LogP contribution in [-0.2, 0) is 0 Å². The highest BCUT2D eigenvalue weighted by Crippen LogP contribution is 2.30. The van der Waals surface area contributed by atoms with Crippen LogP contribution in [0.1, 0.15) is 19.8 Å². The van der Waals surface area contributed by atoms with Crippen molar-refractivity contribution in [2.45, 2.75) is 25.4 Å². The first-order valence-corrected chi connectivity index (χ1v) is 6.13. The fraction of sp³-hybridized carbons (Fsp3) is 0.500.